The lowest BCUT2D eigenvalue weighted by molar-refractivity contribution is 0.926. The van der Waals surface area contributed by atoms with E-state index < -0.39 is 0 Å². The summed E-state index contributed by atoms with van der Waals surface area (Å²) in [5.74, 6) is 1.65. The van der Waals surface area contributed by atoms with Gasteiger partial charge in [-0.15, -0.1) is 0 Å². The van der Waals surface area contributed by atoms with Crippen LogP contribution in [-0.4, -0.2) is 20.9 Å². The number of nitrogens with zero attached hydrogens (tertiary/aromatic N) is 3. The largest absolute Gasteiger partial charge is 0.396 e. The number of aromatic nitrogens is 3. The summed E-state index contributed by atoms with van der Waals surface area (Å²) in [5, 5.41) is 4.27. The van der Waals surface area contributed by atoms with Gasteiger partial charge < -0.3 is 5.73 Å². The second-order valence-electron chi connectivity index (χ2n) is 2.69. The van der Waals surface area contributed by atoms with Crippen LogP contribution in [0.4, 0.5) is 5.69 Å². The SMILES string of the molecule is CSCc1nc2c(N)cccn2n1. The monoisotopic (exact) mass is 194 g/mol. The minimum absolute atomic E-state index is 0.669. The van der Waals surface area contributed by atoms with Gasteiger partial charge in [-0.05, 0) is 18.4 Å². The molecule has 0 bridgehead atoms. The lowest BCUT2D eigenvalue weighted by atomic mass is 10.4. The highest BCUT2D eigenvalue weighted by Gasteiger charge is 2.04. The van der Waals surface area contributed by atoms with E-state index in [4.69, 9.17) is 5.73 Å². The molecule has 0 atom stereocenters. The molecule has 0 spiro atoms. The van der Waals surface area contributed by atoms with Gasteiger partial charge >= 0.3 is 0 Å². The van der Waals surface area contributed by atoms with Crippen LogP contribution in [0.25, 0.3) is 5.65 Å². The van der Waals surface area contributed by atoms with Crippen LogP contribution >= 0.6 is 11.8 Å². The van der Waals surface area contributed by atoms with Crippen molar-refractivity contribution in [3.05, 3.63) is 24.2 Å². The molecule has 0 unspecified atom stereocenters. The maximum Gasteiger partial charge on any atom is 0.178 e. The molecule has 0 fully saturated rings. The number of hydrogen-bond acceptors (Lipinski definition) is 4. The number of hydrogen-bond donors (Lipinski definition) is 1. The van der Waals surface area contributed by atoms with Gasteiger partial charge in [0.2, 0.25) is 0 Å². The molecule has 2 rings (SSSR count). The molecule has 0 saturated carbocycles. The predicted octanol–water partition coefficient (Wildman–Crippen LogP) is 1.17. The maximum absolute atomic E-state index is 5.74. The summed E-state index contributed by atoms with van der Waals surface area (Å²) >= 11 is 1.70. The second-order valence-corrected chi connectivity index (χ2v) is 3.56. The van der Waals surface area contributed by atoms with E-state index >= 15 is 0 Å². The molecule has 2 aromatic heterocycles. The van der Waals surface area contributed by atoms with E-state index in [-0.39, 0.29) is 0 Å². The zero-order valence-corrected chi connectivity index (χ0v) is 8.08. The summed E-state index contributed by atoms with van der Waals surface area (Å²) < 4.78 is 1.71. The highest BCUT2D eigenvalue weighted by molar-refractivity contribution is 7.97. The third-order valence-corrected chi connectivity index (χ3v) is 2.26. The van der Waals surface area contributed by atoms with Crippen molar-refractivity contribution in [1.82, 2.24) is 14.6 Å². The molecule has 0 saturated heterocycles. The first-order valence-electron chi connectivity index (χ1n) is 3.90. The molecule has 0 amide bonds. The Balaban J connectivity index is 2.55. The molecule has 2 heterocycles. The van der Waals surface area contributed by atoms with Gasteiger partial charge in [0.25, 0.3) is 0 Å². The Morgan fingerprint density at radius 3 is 3.15 bits per heavy atom. The van der Waals surface area contributed by atoms with Gasteiger partial charge in [0.05, 0.1) is 11.4 Å². The normalized spacial score (nSPS) is 10.8. The minimum atomic E-state index is 0.669. The fraction of sp³-hybridized carbons (Fsp3) is 0.250. The Morgan fingerprint density at radius 2 is 2.46 bits per heavy atom. The number of thioether (sulfide) groups is 1. The summed E-state index contributed by atoms with van der Waals surface area (Å²) in [6.07, 6.45) is 3.87. The topological polar surface area (TPSA) is 56.2 Å². The average Bonchev–Trinajstić information content (AvgIpc) is 2.49. The van der Waals surface area contributed by atoms with E-state index in [9.17, 15) is 0 Å². The second kappa shape index (κ2) is 3.26. The number of rotatable bonds is 2. The lowest BCUT2D eigenvalue weighted by Gasteiger charge is -1.92. The molecule has 0 aromatic carbocycles. The molecular weight excluding hydrogens is 184 g/mol. The number of anilines is 1. The summed E-state index contributed by atoms with van der Waals surface area (Å²) in [4.78, 5) is 4.31. The Morgan fingerprint density at radius 1 is 1.62 bits per heavy atom. The van der Waals surface area contributed by atoms with Crippen LogP contribution in [0.15, 0.2) is 18.3 Å². The van der Waals surface area contributed by atoms with Crippen LogP contribution in [0.2, 0.25) is 0 Å². The Kier molecular flexibility index (Phi) is 2.10. The Hall–Kier alpha value is -1.23. The molecular formula is C8H10N4S. The summed E-state index contributed by atoms with van der Waals surface area (Å²) in [6, 6.07) is 3.69. The van der Waals surface area contributed by atoms with Gasteiger partial charge in [0.15, 0.2) is 11.5 Å². The van der Waals surface area contributed by atoms with E-state index in [1.54, 1.807) is 16.3 Å². The Bertz CT molecular complexity index is 423. The van der Waals surface area contributed by atoms with Gasteiger partial charge in [-0.2, -0.15) is 16.9 Å². The van der Waals surface area contributed by atoms with Crippen LogP contribution in [-0.2, 0) is 5.75 Å². The van der Waals surface area contributed by atoms with Crippen molar-refractivity contribution in [3.8, 4) is 0 Å². The molecule has 0 radical (unpaired) electrons. The maximum atomic E-state index is 5.74. The van der Waals surface area contributed by atoms with Crippen molar-refractivity contribution in [2.75, 3.05) is 12.0 Å². The summed E-state index contributed by atoms with van der Waals surface area (Å²) in [7, 11) is 0. The summed E-state index contributed by atoms with van der Waals surface area (Å²) in [6.45, 7) is 0. The average molecular weight is 194 g/mol. The van der Waals surface area contributed by atoms with Crippen molar-refractivity contribution in [3.63, 3.8) is 0 Å². The zero-order valence-electron chi connectivity index (χ0n) is 7.27. The quantitative estimate of drug-likeness (QED) is 0.779. The van der Waals surface area contributed by atoms with Crippen molar-refractivity contribution < 1.29 is 0 Å². The van der Waals surface area contributed by atoms with Gasteiger partial charge in [0.1, 0.15) is 0 Å². The van der Waals surface area contributed by atoms with Crippen LogP contribution in [0.1, 0.15) is 5.82 Å². The standard InChI is InChI=1S/C8H10N4S/c1-13-5-7-10-8-6(9)3-2-4-12(8)11-7/h2-4H,5,9H2,1H3. The Labute approximate surface area is 80.2 Å². The van der Waals surface area contributed by atoms with Crippen LogP contribution < -0.4 is 5.73 Å². The first kappa shape index (κ1) is 8.37. The minimum Gasteiger partial charge on any atom is -0.396 e. The molecule has 2 aromatic rings. The van der Waals surface area contributed by atoms with Gasteiger partial charge in [-0.1, -0.05) is 0 Å². The van der Waals surface area contributed by atoms with Crippen LogP contribution in [0.5, 0.6) is 0 Å². The molecule has 2 N–H and O–H groups in total. The molecule has 68 valence electrons. The molecule has 0 aliphatic heterocycles. The third kappa shape index (κ3) is 1.47. The summed E-state index contributed by atoms with van der Waals surface area (Å²) in [5.41, 5.74) is 7.15. The van der Waals surface area contributed by atoms with Crippen LogP contribution in [0, 0.1) is 0 Å². The number of fused-ring (bicyclic) bond motifs is 1. The van der Waals surface area contributed by atoms with E-state index in [2.05, 4.69) is 10.1 Å². The van der Waals surface area contributed by atoms with Crippen molar-refractivity contribution >= 4 is 23.1 Å². The fourth-order valence-corrected chi connectivity index (χ4v) is 1.54. The molecule has 5 heteroatoms. The van der Waals surface area contributed by atoms with Crippen LogP contribution in [0.3, 0.4) is 0 Å². The first-order chi connectivity index (χ1) is 6.31. The molecule has 0 aliphatic carbocycles. The van der Waals surface area contributed by atoms with Gasteiger partial charge in [-0.25, -0.2) is 9.50 Å². The van der Waals surface area contributed by atoms with E-state index in [1.807, 2.05) is 24.6 Å². The van der Waals surface area contributed by atoms with E-state index in [0.29, 0.717) is 5.69 Å². The highest BCUT2D eigenvalue weighted by Crippen LogP contribution is 2.12. The fourth-order valence-electron chi connectivity index (χ4n) is 1.16. The predicted molar refractivity (Wildman–Crippen MR) is 54.6 cm³/mol. The molecule has 4 nitrogen and oxygen atoms in total. The van der Waals surface area contributed by atoms with Crippen molar-refractivity contribution in [2.45, 2.75) is 5.75 Å². The molecule has 0 aliphatic rings. The van der Waals surface area contributed by atoms with Crippen molar-refractivity contribution in [2.24, 2.45) is 0 Å². The number of nitrogen functional groups attached to an aromatic ring is 1. The number of nitrogens with two attached hydrogens (primary N) is 1. The van der Waals surface area contributed by atoms with Crippen molar-refractivity contribution in [1.29, 1.82) is 0 Å². The van der Waals surface area contributed by atoms with Gasteiger partial charge in [0, 0.05) is 6.20 Å². The first-order valence-corrected chi connectivity index (χ1v) is 5.29. The van der Waals surface area contributed by atoms with E-state index in [0.717, 1.165) is 17.2 Å². The van der Waals surface area contributed by atoms with Gasteiger partial charge in [-0.3, -0.25) is 0 Å². The zero-order chi connectivity index (χ0) is 9.26. The molecule has 13 heavy (non-hydrogen) atoms. The smallest absolute Gasteiger partial charge is 0.178 e. The number of pyridine rings is 1. The third-order valence-electron chi connectivity index (χ3n) is 1.71. The van der Waals surface area contributed by atoms with E-state index in [1.165, 1.54) is 0 Å². The lowest BCUT2D eigenvalue weighted by Crippen LogP contribution is -1.92. The highest BCUT2D eigenvalue weighted by atomic mass is 32.2.